The van der Waals surface area contributed by atoms with Gasteiger partial charge in [0.05, 0.1) is 21.2 Å². The molecule has 3 aromatic carbocycles. The molecule has 2 aliphatic heterocycles. The minimum absolute atomic E-state index is 0.126. The van der Waals surface area contributed by atoms with Crippen molar-refractivity contribution in [2.75, 3.05) is 31.1 Å². The quantitative estimate of drug-likeness (QED) is 0.365. The second-order valence-electron chi connectivity index (χ2n) is 8.46. The number of piperazine rings is 1. The fourth-order valence-electron chi connectivity index (χ4n) is 4.70. The van der Waals surface area contributed by atoms with E-state index in [0.29, 0.717) is 13.1 Å². The number of amides is 1. The number of hydrogen-bond acceptors (Lipinski definition) is 5. The van der Waals surface area contributed by atoms with Gasteiger partial charge in [-0.25, -0.2) is 4.98 Å². The van der Waals surface area contributed by atoms with Crippen LogP contribution >= 0.6 is 22.9 Å². The largest absolute Gasteiger partial charge is 0.457 e. The van der Waals surface area contributed by atoms with Crippen LogP contribution in [0.4, 0.5) is 5.13 Å². The van der Waals surface area contributed by atoms with E-state index in [1.807, 2.05) is 65.6 Å². The summed E-state index contributed by atoms with van der Waals surface area (Å²) in [5.74, 6) is 1.30. The van der Waals surface area contributed by atoms with Gasteiger partial charge in [-0.2, -0.15) is 0 Å². The summed E-state index contributed by atoms with van der Waals surface area (Å²) in [5, 5.41) is 1.71. The number of ether oxygens (including phenoxy) is 1. The molecule has 5 nitrogen and oxygen atoms in total. The van der Waals surface area contributed by atoms with Gasteiger partial charge >= 0.3 is 0 Å². The van der Waals surface area contributed by atoms with Crippen molar-refractivity contribution in [1.29, 1.82) is 0 Å². The fraction of sp³-hybridized carbons (Fsp3) is 0.231. The number of fused-ring (bicyclic) bond motifs is 3. The molecule has 0 saturated carbocycles. The molecule has 1 amide bonds. The molecular formula is C26H22ClN3O2S. The summed E-state index contributed by atoms with van der Waals surface area (Å²) in [6.07, 6.45) is 0. The van der Waals surface area contributed by atoms with Crippen LogP contribution in [-0.4, -0.2) is 42.0 Å². The van der Waals surface area contributed by atoms with Crippen LogP contribution in [0.1, 0.15) is 22.6 Å². The lowest BCUT2D eigenvalue weighted by molar-refractivity contribution is -0.132. The lowest BCUT2D eigenvalue weighted by atomic mass is 9.86. The number of para-hydroxylation sites is 2. The molecule has 6 rings (SSSR count). The van der Waals surface area contributed by atoms with Gasteiger partial charge in [-0.15, -0.1) is 0 Å². The molecule has 0 unspecified atom stereocenters. The number of hydrogen-bond donors (Lipinski definition) is 0. The zero-order valence-corrected chi connectivity index (χ0v) is 19.7. The first-order valence-electron chi connectivity index (χ1n) is 11.1. The molecule has 0 aliphatic carbocycles. The highest BCUT2D eigenvalue weighted by Crippen LogP contribution is 2.45. The maximum absolute atomic E-state index is 13.8. The van der Waals surface area contributed by atoms with Crippen molar-refractivity contribution in [3.8, 4) is 11.5 Å². The summed E-state index contributed by atoms with van der Waals surface area (Å²) in [5.41, 5.74) is 3.96. The molecule has 1 aromatic heterocycles. The van der Waals surface area contributed by atoms with Gasteiger partial charge in [0.15, 0.2) is 5.13 Å². The Kier molecular flexibility index (Phi) is 5.00. The van der Waals surface area contributed by atoms with E-state index in [2.05, 4.69) is 11.8 Å². The molecule has 1 fully saturated rings. The third-order valence-electron chi connectivity index (χ3n) is 6.47. The van der Waals surface area contributed by atoms with E-state index in [9.17, 15) is 4.79 Å². The van der Waals surface area contributed by atoms with E-state index < -0.39 is 0 Å². The van der Waals surface area contributed by atoms with E-state index in [-0.39, 0.29) is 11.8 Å². The molecule has 166 valence electrons. The van der Waals surface area contributed by atoms with Crippen molar-refractivity contribution in [2.24, 2.45) is 0 Å². The first-order valence-corrected chi connectivity index (χ1v) is 12.2. The first-order chi connectivity index (χ1) is 16.1. The number of rotatable bonds is 2. The monoisotopic (exact) mass is 475 g/mol. The van der Waals surface area contributed by atoms with Gasteiger partial charge in [0, 0.05) is 37.3 Å². The molecule has 0 N–H and O–H groups in total. The summed E-state index contributed by atoms with van der Waals surface area (Å²) in [6, 6.07) is 19.6. The predicted octanol–water partition coefficient (Wildman–Crippen LogP) is 5.84. The number of aromatic nitrogens is 1. The van der Waals surface area contributed by atoms with Crippen LogP contribution < -0.4 is 9.64 Å². The number of aryl methyl sites for hydroxylation is 1. The van der Waals surface area contributed by atoms with Crippen molar-refractivity contribution in [1.82, 2.24) is 9.88 Å². The number of benzene rings is 3. The van der Waals surface area contributed by atoms with Gasteiger partial charge in [-0.05, 0) is 30.7 Å². The summed E-state index contributed by atoms with van der Waals surface area (Å²) in [4.78, 5) is 22.9. The molecule has 33 heavy (non-hydrogen) atoms. The average Bonchev–Trinajstić information content (AvgIpc) is 3.31. The number of halogens is 1. The van der Waals surface area contributed by atoms with Crippen molar-refractivity contribution < 1.29 is 9.53 Å². The average molecular weight is 476 g/mol. The Morgan fingerprint density at radius 2 is 1.61 bits per heavy atom. The van der Waals surface area contributed by atoms with Crippen LogP contribution in [0.3, 0.4) is 0 Å². The zero-order chi connectivity index (χ0) is 22.5. The maximum atomic E-state index is 13.8. The topological polar surface area (TPSA) is 45.7 Å². The molecule has 0 atom stereocenters. The zero-order valence-electron chi connectivity index (χ0n) is 18.1. The summed E-state index contributed by atoms with van der Waals surface area (Å²) in [6.45, 7) is 4.86. The SMILES string of the molecule is Cc1ccc(Cl)c2sc(N3CCN(C(=O)C4c5ccccc5Oc5ccccc54)CC3)nc12. The second-order valence-corrected chi connectivity index (χ2v) is 9.85. The van der Waals surface area contributed by atoms with Gasteiger partial charge < -0.3 is 14.5 Å². The first kappa shape index (κ1) is 20.5. The van der Waals surface area contributed by atoms with Crippen LogP contribution in [0.15, 0.2) is 60.7 Å². The fourth-order valence-corrected chi connectivity index (χ4v) is 6.07. The normalized spacial score (nSPS) is 15.8. The number of carbonyl (C=O) groups excluding carboxylic acids is 1. The number of thiazole rings is 1. The Hall–Kier alpha value is -3.09. The maximum Gasteiger partial charge on any atom is 0.234 e. The van der Waals surface area contributed by atoms with Crippen LogP contribution in [0, 0.1) is 6.92 Å². The van der Waals surface area contributed by atoms with Gasteiger partial charge in [0.1, 0.15) is 11.5 Å². The second kappa shape index (κ2) is 8.04. The molecule has 7 heteroatoms. The van der Waals surface area contributed by atoms with Gasteiger partial charge in [-0.1, -0.05) is 65.4 Å². The molecular weight excluding hydrogens is 454 g/mol. The van der Waals surface area contributed by atoms with E-state index in [1.165, 1.54) is 0 Å². The molecule has 0 spiro atoms. The van der Waals surface area contributed by atoms with Crippen LogP contribution in [0.5, 0.6) is 11.5 Å². The van der Waals surface area contributed by atoms with E-state index in [0.717, 1.165) is 61.6 Å². The minimum atomic E-state index is -0.346. The molecule has 2 aliphatic rings. The van der Waals surface area contributed by atoms with E-state index in [1.54, 1.807) is 11.3 Å². The van der Waals surface area contributed by atoms with Crippen molar-refractivity contribution >= 4 is 44.2 Å². The Balaban J connectivity index is 1.25. The summed E-state index contributed by atoms with van der Waals surface area (Å²) >= 11 is 8.03. The predicted molar refractivity (Wildman–Crippen MR) is 133 cm³/mol. The minimum Gasteiger partial charge on any atom is -0.457 e. The Morgan fingerprint density at radius 1 is 0.970 bits per heavy atom. The Labute approximate surface area is 201 Å². The third-order valence-corrected chi connectivity index (χ3v) is 8.05. The number of anilines is 1. The van der Waals surface area contributed by atoms with E-state index >= 15 is 0 Å². The standard InChI is InChI=1S/C26H22ClN3O2S/c1-16-10-11-19(27)24-23(16)28-26(33-24)30-14-12-29(13-15-30)25(31)22-17-6-2-4-8-20(17)32-21-9-5-3-7-18(21)22/h2-11,22H,12-15H2,1H3. The molecule has 0 bridgehead atoms. The van der Waals surface area contributed by atoms with Crippen molar-refractivity contribution in [3.63, 3.8) is 0 Å². The van der Waals surface area contributed by atoms with Gasteiger partial charge in [-0.3, -0.25) is 4.79 Å². The van der Waals surface area contributed by atoms with Gasteiger partial charge in [0.25, 0.3) is 0 Å². The van der Waals surface area contributed by atoms with Crippen LogP contribution in [-0.2, 0) is 4.79 Å². The van der Waals surface area contributed by atoms with Crippen LogP contribution in [0.25, 0.3) is 10.2 Å². The molecule has 0 radical (unpaired) electrons. The third kappa shape index (κ3) is 3.45. The van der Waals surface area contributed by atoms with E-state index in [4.69, 9.17) is 21.3 Å². The summed E-state index contributed by atoms with van der Waals surface area (Å²) < 4.78 is 7.10. The Morgan fingerprint density at radius 3 is 2.24 bits per heavy atom. The van der Waals surface area contributed by atoms with Crippen molar-refractivity contribution in [3.05, 3.63) is 82.4 Å². The number of carbonyl (C=O) groups is 1. The highest BCUT2D eigenvalue weighted by Gasteiger charge is 2.36. The highest BCUT2D eigenvalue weighted by atomic mass is 35.5. The smallest absolute Gasteiger partial charge is 0.234 e. The molecule has 3 heterocycles. The van der Waals surface area contributed by atoms with Gasteiger partial charge in [0.2, 0.25) is 5.91 Å². The lowest BCUT2D eigenvalue weighted by Crippen LogP contribution is -2.50. The van der Waals surface area contributed by atoms with Crippen LogP contribution in [0.2, 0.25) is 5.02 Å². The number of nitrogens with zero attached hydrogens (tertiary/aromatic N) is 3. The highest BCUT2D eigenvalue weighted by molar-refractivity contribution is 7.22. The summed E-state index contributed by atoms with van der Waals surface area (Å²) in [7, 11) is 0. The Bertz CT molecular complexity index is 1290. The molecule has 1 saturated heterocycles. The lowest BCUT2D eigenvalue weighted by Gasteiger charge is -2.37. The van der Waals surface area contributed by atoms with Crippen molar-refractivity contribution in [2.45, 2.75) is 12.8 Å². The molecule has 4 aromatic rings.